The maximum Gasteiger partial charge on any atom is 0.348 e. The number of benzene rings is 1. The highest BCUT2D eigenvalue weighted by Crippen LogP contribution is 2.13. The van der Waals surface area contributed by atoms with Crippen molar-refractivity contribution in [3.63, 3.8) is 0 Å². The van der Waals surface area contributed by atoms with Crippen LogP contribution in [-0.4, -0.2) is 29.3 Å². The number of nitrogens with one attached hydrogen (secondary N) is 1. The molecule has 1 aromatic rings. The van der Waals surface area contributed by atoms with E-state index < -0.39 is 11.9 Å². The van der Waals surface area contributed by atoms with Crippen LogP contribution in [-0.2, 0) is 14.3 Å². The number of ether oxygens (including phenoxy) is 2. The number of carbonyl (C=O) groups is 1. The van der Waals surface area contributed by atoms with Crippen molar-refractivity contribution in [3.8, 4) is 0 Å². The van der Waals surface area contributed by atoms with Crippen molar-refractivity contribution in [2.75, 3.05) is 18.5 Å². The molecule has 0 fully saturated rings. The van der Waals surface area contributed by atoms with Crippen molar-refractivity contribution in [3.05, 3.63) is 41.9 Å². The number of aliphatic hydroxyl groups excluding tert-OH is 1. The van der Waals surface area contributed by atoms with Crippen LogP contribution >= 0.6 is 12.2 Å². The molecule has 0 saturated carbocycles. The third-order valence-corrected chi connectivity index (χ3v) is 2.54. The molecular formula is C14H17NO4S. The Labute approximate surface area is 123 Å². The zero-order chi connectivity index (χ0) is 15.0. The van der Waals surface area contributed by atoms with E-state index in [0.29, 0.717) is 5.69 Å². The van der Waals surface area contributed by atoms with Gasteiger partial charge in [0.15, 0.2) is 5.57 Å². The molecular weight excluding hydrogens is 278 g/mol. The molecule has 0 radical (unpaired) electrons. The molecule has 1 aromatic carbocycles. The molecule has 0 aliphatic carbocycles. The van der Waals surface area contributed by atoms with E-state index in [2.05, 4.69) is 5.32 Å². The fourth-order valence-electron chi connectivity index (χ4n) is 1.40. The summed E-state index contributed by atoms with van der Waals surface area (Å²) in [6, 6.07) is 9.07. The Morgan fingerprint density at radius 2 is 1.80 bits per heavy atom. The third-order valence-electron chi connectivity index (χ3n) is 2.23. The minimum atomic E-state index is -0.730. The average Bonchev–Trinajstić information content (AvgIpc) is 2.40. The molecule has 0 aromatic heterocycles. The number of hydrogen-bond donors (Lipinski definition) is 2. The molecule has 1 rings (SSSR count). The first kappa shape index (κ1) is 16.0. The quantitative estimate of drug-likeness (QED) is 0.364. The Bertz CT molecular complexity index is 499. The molecule has 0 aliphatic heterocycles. The van der Waals surface area contributed by atoms with Crippen molar-refractivity contribution >= 4 is 28.9 Å². The summed E-state index contributed by atoms with van der Waals surface area (Å²) in [7, 11) is 0. The minimum Gasteiger partial charge on any atom is -0.480 e. The largest absolute Gasteiger partial charge is 0.480 e. The highest BCUT2D eigenvalue weighted by atomic mass is 32.1. The molecule has 0 aliphatic rings. The van der Waals surface area contributed by atoms with Gasteiger partial charge >= 0.3 is 5.97 Å². The van der Waals surface area contributed by atoms with E-state index in [1.54, 1.807) is 26.0 Å². The lowest BCUT2D eigenvalue weighted by molar-refractivity contribution is -0.138. The molecule has 0 heterocycles. The Hall–Kier alpha value is -2.08. The molecule has 0 spiro atoms. The number of aliphatic hydroxyl groups is 1. The predicted molar refractivity (Wildman–Crippen MR) is 80.6 cm³/mol. The molecule has 5 nitrogen and oxygen atoms in total. The van der Waals surface area contributed by atoms with E-state index in [-0.39, 0.29) is 23.8 Å². The first-order valence-corrected chi connectivity index (χ1v) is 6.60. The van der Waals surface area contributed by atoms with E-state index in [0.717, 1.165) is 0 Å². The Kier molecular flexibility index (Phi) is 6.52. The predicted octanol–water partition coefficient (Wildman–Crippen LogP) is 2.80. The summed E-state index contributed by atoms with van der Waals surface area (Å²) in [6.07, 6.45) is 0. The lowest BCUT2D eigenvalue weighted by Crippen LogP contribution is -2.23. The minimum absolute atomic E-state index is 0.0422. The Morgan fingerprint density at radius 3 is 2.35 bits per heavy atom. The number of rotatable bonds is 6. The third kappa shape index (κ3) is 4.55. The summed E-state index contributed by atoms with van der Waals surface area (Å²) in [4.78, 5) is 11.9. The van der Waals surface area contributed by atoms with Crippen LogP contribution in [0.5, 0.6) is 0 Å². The van der Waals surface area contributed by atoms with Crippen LogP contribution in [0.4, 0.5) is 5.69 Å². The van der Waals surface area contributed by atoms with Crippen LogP contribution in [0, 0.1) is 0 Å². The fraction of sp³-hybridized carbons (Fsp3) is 0.286. The Morgan fingerprint density at radius 1 is 1.20 bits per heavy atom. The summed E-state index contributed by atoms with van der Waals surface area (Å²) in [5, 5.41) is 12.6. The fourth-order valence-corrected chi connectivity index (χ4v) is 1.69. The number of carbonyl (C=O) groups excluding carboxylic acids is 1. The number of hydrogen-bond acceptors (Lipinski definition) is 5. The maximum absolute atomic E-state index is 11.8. The molecule has 0 bridgehead atoms. The second-order valence-electron chi connectivity index (χ2n) is 3.65. The number of thiocarbonyl (C=S) groups is 1. The van der Waals surface area contributed by atoms with Crippen molar-refractivity contribution in [2.24, 2.45) is 0 Å². The summed E-state index contributed by atoms with van der Waals surface area (Å²) in [6.45, 7) is 3.74. The molecule has 20 heavy (non-hydrogen) atoms. The van der Waals surface area contributed by atoms with Gasteiger partial charge in [0.2, 0.25) is 0 Å². The topological polar surface area (TPSA) is 67.8 Å². The monoisotopic (exact) mass is 295 g/mol. The van der Waals surface area contributed by atoms with E-state index in [4.69, 9.17) is 21.7 Å². The van der Waals surface area contributed by atoms with Crippen LogP contribution in [0.2, 0.25) is 0 Å². The smallest absolute Gasteiger partial charge is 0.348 e. The van der Waals surface area contributed by atoms with Gasteiger partial charge in [-0.15, -0.1) is 0 Å². The zero-order valence-corrected chi connectivity index (χ0v) is 12.2. The van der Waals surface area contributed by atoms with E-state index >= 15 is 0 Å². The number of para-hydroxylation sites is 1. The first-order chi connectivity index (χ1) is 9.60. The lowest BCUT2D eigenvalue weighted by atomic mass is 10.2. The van der Waals surface area contributed by atoms with Gasteiger partial charge in [0.1, 0.15) is 4.99 Å². The van der Waals surface area contributed by atoms with Gasteiger partial charge in [-0.1, -0.05) is 30.4 Å². The SMILES string of the molecule is CCOC(=O)C(C(=S)Nc1ccccc1)=C(O)OCC. The van der Waals surface area contributed by atoms with Gasteiger partial charge in [0.05, 0.1) is 13.2 Å². The summed E-state index contributed by atoms with van der Waals surface area (Å²) >= 11 is 5.13. The van der Waals surface area contributed by atoms with Gasteiger partial charge < -0.3 is 19.9 Å². The van der Waals surface area contributed by atoms with Gasteiger partial charge in [0, 0.05) is 5.69 Å². The molecule has 2 N–H and O–H groups in total. The molecule has 6 heteroatoms. The molecule has 0 atom stereocenters. The van der Waals surface area contributed by atoms with Crippen molar-refractivity contribution < 1.29 is 19.4 Å². The molecule has 0 unspecified atom stereocenters. The average molecular weight is 295 g/mol. The molecule has 0 amide bonds. The van der Waals surface area contributed by atoms with Gasteiger partial charge in [-0.25, -0.2) is 4.79 Å². The van der Waals surface area contributed by atoms with Crippen molar-refractivity contribution in [1.29, 1.82) is 0 Å². The van der Waals surface area contributed by atoms with Crippen molar-refractivity contribution in [1.82, 2.24) is 0 Å². The second kappa shape index (κ2) is 8.16. The summed E-state index contributed by atoms with van der Waals surface area (Å²) < 4.78 is 9.80. The van der Waals surface area contributed by atoms with E-state index in [9.17, 15) is 9.90 Å². The van der Waals surface area contributed by atoms with E-state index in [1.807, 2.05) is 18.2 Å². The van der Waals surface area contributed by atoms with Gasteiger partial charge in [0.25, 0.3) is 5.95 Å². The standard InChI is InChI=1S/C14H17NO4S/c1-3-18-13(16)11(14(17)19-4-2)12(20)15-10-8-6-5-7-9-10/h5-9,16H,3-4H2,1-2H3,(H,15,20). The van der Waals surface area contributed by atoms with Crippen LogP contribution in [0.15, 0.2) is 41.9 Å². The lowest BCUT2D eigenvalue weighted by Gasteiger charge is -2.12. The highest BCUT2D eigenvalue weighted by molar-refractivity contribution is 7.81. The highest BCUT2D eigenvalue weighted by Gasteiger charge is 2.23. The molecule has 0 saturated heterocycles. The first-order valence-electron chi connectivity index (χ1n) is 6.19. The summed E-state index contributed by atoms with van der Waals surface area (Å²) in [5.41, 5.74) is 0.510. The Balaban J connectivity index is 2.96. The van der Waals surface area contributed by atoms with E-state index in [1.165, 1.54) is 0 Å². The van der Waals surface area contributed by atoms with Gasteiger partial charge in [-0.2, -0.15) is 0 Å². The number of anilines is 1. The van der Waals surface area contributed by atoms with Gasteiger partial charge in [-0.05, 0) is 26.0 Å². The second-order valence-corrected chi connectivity index (χ2v) is 4.06. The zero-order valence-electron chi connectivity index (χ0n) is 11.4. The maximum atomic E-state index is 11.8. The molecule has 108 valence electrons. The normalized spacial score (nSPS) is 11.3. The summed E-state index contributed by atoms with van der Waals surface area (Å²) in [5.74, 6) is -1.27. The van der Waals surface area contributed by atoms with Crippen LogP contribution in [0.3, 0.4) is 0 Å². The van der Waals surface area contributed by atoms with Crippen LogP contribution < -0.4 is 5.32 Å². The number of esters is 1. The van der Waals surface area contributed by atoms with Crippen LogP contribution in [0.1, 0.15) is 13.8 Å². The van der Waals surface area contributed by atoms with Gasteiger partial charge in [-0.3, -0.25) is 0 Å². The van der Waals surface area contributed by atoms with Crippen LogP contribution in [0.25, 0.3) is 0 Å². The van der Waals surface area contributed by atoms with Crippen molar-refractivity contribution in [2.45, 2.75) is 13.8 Å².